The lowest BCUT2D eigenvalue weighted by Crippen LogP contribution is -2.83. The molecule has 3 saturated heterocycles. The second kappa shape index (κ2) is 6.02. The van der Waals surface area contributed by atoms with Gasteiger partial charge in [-0.1, -0.05) is 55.3 Å². The molecule has 1 spiro atoms. The molecule has 2 aromatic rings. The summed E-state index contributed by atoms with van der Waals surface area (Å²) in [5, 5.41) is 0. The molecule has 0 unspecified atom stereocenters. The van der Waals surface area contributed by atoms with Gasteiger partial charge in [-0.3, -0.25) is 9.59 Å². The molecular weight excluding hydrogens is 362 g/mol. The Labute approximate surface area is 170 Å². The van der Waals surface area contributed by atoms with Crippen molar-refractivity contribution in [2.45, 2.75) is 62.6 Å². The van der Waals surface area contributed by atoms with E-state index in [1.807, 2.05) is 42.5 Å². The van der Waals surface area contributed by atoms with E-state index < -0.39 is 11.2 Å². The largest absolute Gasteiger partial charge is 0.343 e. The Hall–Kier alpha value is -2.46. The van der Waals surface area contributed by atoms with Crippen LogP contribution in [0, 0.1) is 5.92 Å². The fraction of sp³-hybridized carbons (Fsp3) is 0.440. The lowest BCUT2D eigenvalue weighted by molar-refractivity contribution is -0.320. The van der Waals surface area contributed by atoms with Gasteiger partial charge in [0, 0.05) is 5.92 Å². The average Bonchev–Trinajstić information content (AvgIpc) is 2.75. The summed E-state index contributed by atoms with van der Waals surface area (Å²) in [4.78, 5) is 29.3. The molecule has 5 aliphatic rings. The molecule has 4 fully saturated rings. The molecule has 1 saturated carbocycles. The molecule has 4 heteroatoms. The molecule has 148 valence electrons. The van der Waals surface area contributed by atoms with Crippen LogP contribution in [0.1, 0.15) is 55.2 Å². The maximum absolute atomic E-state index is 14.0. The highest BCUT2D eigenvalue weighted by Crippen LogP contribution is 2.64. The van der Waals surface area contributed by atoms with E-state index in [1.165, 1.54) is 22.4 Å². The number of rotatable bonds is 2. The van der Waals surface area contributed by atoms with Crippen molar-refractivity contribution < 1.29 is 14.3 Å². The molecule has 0 radical (unpaired) electrons. The van der Waals surface area contributed by atoms with E-state index in [1.54, 1.807) is 0 Å². The maximum Gasteiger partial charge on any atom is 0.271 e. The monoisotopic (exact) mass is 387 g/mol. The smallest absolute Gasteiger partial charge is 0.271 e. The summed E-state index contributed by atoms with van der Waals surface area (Å²) in [5.41, 5.74) is 2.28. The number of nitrogens with zero attached hydrogens (tertiary/aromatic N) is 1. The molecule has 0 aromatic heterocycles. The fourth-order valence-corrected chi connectivity index (χ4v) is 6.30. The summed E-state index contributed by atoms with van der Waals surface area (Å²) in [6.07, 6.45) is 7.83. The topological polar surface area (TPSA) is 46.6 Å². The van der Waals surface area contributed by atoms with Crippen molar-refractivity contribution in [2.75, 3.05) is 4.90 Å². The summed E-state index contributed by atoms with van der Waals surface area (Å²) < 4.78 is 6.42. The first-order valence-corrected chi connectivity index (χ1v) is 10.9. The zero-order valence-corrected chi connectivity index (χ0v) is 16.5. The van der Waals surface area contributed by atoms with Gasteiger partial charge in [-0.25, -0.2) is 4.90 Å². The fourth-order valence-electron chi connectivity index (χ4n) is 6.30. The number of imide groups is 1. The van der Waals surface area contributed by atoms with Gasteiger partial charge in [0.1, 0.15) is 0 Å². The summed E-state index contributed by atoms with van der Waals surface area (Å²) in [5.74, 6) is -0.382. The van der Waals surface area contributed by atoms with Crippen LogP contribution < -0.4 is 4.90 Å². The number of fused-ring (bicyclic) bond motifs is 3. The number of hydrogen-bond acceptors (Lipinski definition) is 3. The highest BCUT2D eigenvalue weighted by molar-refractivity contribution is 6.25. The number of piperidine rings is 1. The van der Waals surface area contributed by atoms with Crippen LogP contribution in [-0.2, 0) is 32.8 Å². The normalized spacial score (nSPS) is 33.0. The number of anilines is 1. The molecule has 3 heterocycles. The van der Waals surface area contributed by atoms with Crippen molar-refractivity contribution in [1.29, 1.82) is 0 Å². The number of carbonyl (C=O) groups is 2. The summed E-state index contributed by atoms with van der Waals surface area (Å²) in [7, 11) is 0. The third kappa shape index (κ3) is 2.08. The quantitative estimate of drug-likeness (QED) is 0.722. The number of morpholine rings is 1. The van der Waals surface area contributed by atoms with Crippen molar-refractivity contribution in [3.63, 3.8) is 0 Å². The Balaban J connectivity index is 1.53. The molecule has 29 heavy (non-hydrogen) atoms. The molecule has 4 nitrogen and oxygen atoms in total. The van der Waals surface area contributed by atoms with E-state index in [0.717, 1.165) is 49.8 Å². The van der Waals surface area contributed by atoms with Crippen LogP contribution in [0.3, 0.4) is 0 Å². The maximum atomic E-state index is 14.0. The second-order valence-corrected chi connectivity index (χ2v) is 8.96. The van der Waals surface area contributed by atoms with E-state index >= 15 is 0 Å². The lowest BCUT2D eigenvalue weighted by atomic mass is 9.55. The summed E-state index contributed by atoms with van der Waals surface area (Å²) in [6.45, 7) is 0. The SMILES string of the molecule is O=C1N(c2cccc3c2CCCC3)C(=O)[C@]23CCCC[C@H]2[C@@]1(c1ccccc1)O3. The summed E-state index contributed by atoms with van der Waals surface area (Å²) in [6, 6.07) is 15.9. The van der Waals surface area contributed by atoms with E-state index in [4.69, 9.17) is 4.74 Å². The van der Waals surface area contributed by atoms with Crippen LogP contribution >= 0.6 is 0 Å². The predicted octanol–water partition coefficient (Wildman–Crippen LogP) is 4.29. The third-order valence-electron chi connectivity index (χ3n) is 7.59. The Bertz CT molecular complexity index is 1020. The minimum absolute atomic E-state index is 0.0538. The van der Waals surface area contributed by atoms with Gasteiger partial charge in [-0.2, -0.15) is 0 Å². The standard InChI is InChI=1S/C25H25NO3/c27-22-24-16-7-6-15-21(24)25(29-24,18-11-2-1-3-12-18)23(28)26(22)20-14-8-10-17-9-4-5-13-19(17)20/h1-3,8,10-12,14,21H,4-7,9,13,15-16H2/t21-,24+,25-/m1/s1. The molecule has 2 aromatic carbocycles. The minimum Gasteiger partial charge on any atom is -0.343 e. The number of ether oxygens (including phenoxy) is 1. The van der Waals surface area contributed by atoms with Crippen LogP contribution in [-0.4, -0.2) is 17.4 Å². The van der Waals surface area contributed by atoms with E-state index in [-0.39, 0.29) is 17.7 Å². The van der Waals surface area contributed by atoms with Gasteiger partial charge in [0.05, 0.1) is 5.69 Å². The molecule has 3 atom stereocenters. The zero-order chi connectivity index (χ0) is 19.6. The lowest BCUT2D eigenvalue weighted by Gasteiger charge is -2.67. The van der Waals surface area contributed by atoms with Gasteiger partial charge in [-0.05, 0) is 61.3 Å². The number of amides is 2. The zero-order valence-electron chi connectivity index (χ0n) is 16.5. The first-order chi connectivity index (χ1) is 14.2. The number of hydrogen-bond donors (Lipinski definition) is 0. The van der Waals surface area contributed by atoms with E-state index in [0.29, 0.717) is 6.42 Å². The van der Waals surface area contributed by atoms with Crippen molar-refractivity contribution in [3.8, 4) is 0 Å². The Morgan fingerprint density at radius 3 is 2.55 bits per heavy atom. The molecule has 0 N–H and O–H groups in total. The van der Waals surface area contributed by atoms with Gasteiger partial charge in [0.2, 0.25) is 0 Å². The highest BCUT2D eigenvalue weighted by atomic mass is 16.6. The Morgan fingerprint density at radius 2 is 1.69 bits per heavy atom. The molecule has 2 aliphatic carbocycles. The van der Waals surface area contributed by atoms with Crippen LogP contribution in [0.15, 0.2) is 48.5 Å². The third-order valence-corrected chi connectivity index (χ3v) is 7.59. The molecular formula is C25H25NO3. The first-order valence-electron chi connectivity index (χ1n) is 10.9. The Morgan fingerprint density at radius 1 is 0.862 bits per heavy atom. The highest BCUT2D eigenvalue weighted by Gasteiger charge is 2.78. The average molecular weight is 387 g/mol. The van der Waals surface area contributed by atoms with Gasteiger partial charge < -0.3 is 4.74 Å². The molecule has 2 bridgehead atoms. The summed E-state index contributed by atoms with van der Waals surface area (Å²) >= 11 is 0. The number of benzene rings is 2. The van der Waals surface area contributed by atoms with Crippen molar-refractivity contribution >= 4 is 17.5 Å². The van der Waals surface area contributed by atoms with E-state index in [2.05, 4.69) is 6.07 Å². The number of aryl methyl sites for hydroxylation is 1. The molecule has 7 rings (SSSR count). The van der Waals surface area contributed by atoms with Crippen molar-refractivity contribution in [3.05, 3.63) is 65.2 Å². The van der Waals surface area contributed by atoms with Crippen molar-refractivity contribution in [1.82, 2.24) is 0 Å². The molecule has 2 amide bonds. The van der Waals surface area contributed by atoms with Gasteiger partial charge in [0.25, 0.3) is 11.8 Å². The predicted molar refractivity (Wildman–Crippen MR) is 109 cm³/mol. The first kappa shape index (κ1) is 17.4. The van der Waals surface area contributed by atoms with Crippen LogP contribution in [0.4, 0.5) is 5.69 Å². The second-order valence-electron chi connectivity index (χ2n) is 8.96. The van der Waals surface area contributed by atoms with Gasteiger partial charge in [0.15, 0.2) is 11.2 Å². The van der Waals surface area contributed by atoms with Crippen LogP contribution in [0.25, 0.3) is 0 Å². The van der Waals surface area contributed by atoms with Crippen LogP contribution in [0.5, 0.6) is 0 Å². The van der Waals surface area contributed by atoms with Gasteiger partial charge in [-0.15, -0.1) is 0 Å². The molecule has 3 aliphatic heterocycles. The van der Waals surface area contributed by atoms with Crippen molar-refractivity contribution in [2.24, 2.45) is 5.92 Å². The number of carbonyl (C=O) groups excluding carboxylic acids is 2. The minimum atomic E-state index is -1.02. The van der Waals surface area contributed by atoms with Gasteiger partial charge >= 0.3 is 0 Å². The van der Waals surface area contributed by atoms with E-state index in [9.17, 15) is 9.59 Å². The van der Waals surface area contributed by atoms with Crippen LogP contribution in [0.2, 0.25) is 0 Å². The Kier molecular flexibility index (Phi) is 3.61.